The zero-order valence-corrected chi connectivity index (χ0v) is 16.1. The van der Waals surface area contributed by atoms with Crippen LogP contribution in [0.15, 0.2) is 42.5 Å². The number of ether oxygens (including phenoxy) is 1. The van der Waals surface area contributed by atoms with Crippen molar-refractivity contribution < 1.29 is 28.8 Å². The van der Waals surface area contributed by atoms with Gasteiger partial charge in [0, 0.05) is 6.07 Å². The number of nitrogens with zero attached hydrogens (tertiary/aromatic N) is 2. The molecule has 0 unspecified atom stereocenters. The molecular weight excluding hydrogens is 394 g/mol. The number of nitro groups is 1. The van der Waals surface area contributed by atoms with E-state index >= 15 is 0 Å². The molecule has 154 valence electrons. The number of imide groups is 1. The number of hydrogen-bond acceptors (Lipinski definition) is 7. The fraction of sp³-hybridized carbons (Fsp3) is 0.200. The molecule has 0 saturated heterocycles. The fourth-order valence-corrected chi connectivity index (χ4v) is 3.06. The van der Waals surface area contributed by atoms with Crippen molar-refractivity contribution in [2.45, 2.75) is 19.9 Å². The summed E-state index contributed by atoms with van der Waals surface area (Å²) in [6.45, 7) is 2.16. The van der Waals surface area contributed by atoms with Gasteiger partial charge in [0.2, 0.25) is 0 Å². The first-order valence-electron chi connectivity index (χ1n) is 8.89. The lowest BCUT2D eigenvalue weighted by molar-refractivity contribution is -0.384. The molecule has 1 atom stereocenters. The number of esters is 1. The molecule has 3 rings (SSSR count). The lowest BCUT2D eigenvalue weighted by atomic mass is 10.1. The highest BCUT2D eigenvalue weighted by Crippen LogP contribution is 2.28. The van der Waals surface area contributed by atoms with Crippen LogP contribution in [0, 0.1) is 17.0 Å². The highest BCUT2D eigenvalue weighted by molar-refractivity contribution is 6.22. The van der Waals surface area contributed by atoms with E-state index in [0.29, 0.717) is 5.56 Å². The molecule has 2 aromatic rings. The number of rotatable bonds is 6. The molecule has 1 aliphatic rings. The largest absolute Gasteiger partial charge is 0.454 e. The zero-order valence-electron chi connectivity index (χ0n) is 16.1. The minimum atomic E-state index is -1.25. The summed E-state index contributed by atoms with van der Waals surface area (Å²) in [5.74, 6) is -3.01. The van der Waals surface area contributed by atoms with Gasteiger partial charge in [-0.2, -0.15) is 0 Å². The normalized spacial score (nSPS) is 13.6. The minimum absolute atomic E-state index is 0.00283. The van der Waals surface area contributed by atoms with E-state index in [9.17, 15) is 29.3 Å². The number of aryl methyl sites for hydroxylation is 1. The van der Waals surface area contributed by atoms with Gasteiger partial charge in [-0.15, -0.1) is 0 Å². The summed E-state index contributed by atoms with van der Waals surface area (Å²) in [5, 5.41) is 13.5. The van der Waals surface area contributed by atoms with Crippen LogP contribution in [0.5, 0.6) is 0 Å². The van der Waals surface area contributed by atoms with Crippen molar-refractivity contribution in [2.24, 2.45) is 0 Å². The monoisotopic (exact) mass is 411 g/mol. The fourth-order valence-electron chi connectivity index (χ4n) is 3.06. The molecule has 3 amide bonds. The van der Waals surface area contributed by atoms with Crippen LogP contribution in [-0.2, 0) is 14.3 Å². The number of carbonyl (C=O) groups excluding carboxylic acids is 4. The molecule has 10 heteroatoms. The number of carbonyl (C=O) groups is 4. The Morgan fingerprint density at radius 2 is 1.70 bits per heavy atom. The lowest BCUT2D eigenvalue weighted by Gasteiger charge is -2.20. The number of anilines is 1. The van der Waals surface area contributed by atoms with Gasteiger partial charge in [0.15, 0.2) is 6.61 Å². The molecule has 0 fully saturated rings. The Bertz CT molecular complexity index is 1040. The third-order valence-electron chi connectivity index (χ3n) is 4.61. The standard InChI is InChI=1S/C20H17N3O7/c1-11-6-5-9-15(23(28)29)17(11)21-16(24)10-30-20(27)12(2)22-18(25)13-7-3-4-8-14(13)19(22)26/h3-9,12H,10H2,1-2H3,(H,21,24)/t12-/m0/s1. The van der Waals surface area contributed by atoms with E-state index in [1.165, 1.54) is 31.2 Å². The first-order chi connectivity index (χ1) is 14.2. The number of hydrogen-bond donors (Lipinski definition) is 1. The van der Waals surface area contributed by atoms with Crippen LogP contribution in [0.25, 0.3) is 0 Å². The maximum absolute atomic E-state index is 12.4. The highest BCUT2D eigenvalue weighted by atomic mass is 16.6. The predicted octanol–water partition coefficient (Wildman–Crippen LogP) is 2.07. The first kappa shape index (κ1) is 20.6. The topological polar surface area (TPSA) is 136 Å². The number of para-hydroxylation sites is 1. The van der Waals surface area contributed by atoms with Crippen molar-refractivity contribution >= 4 is 35.1 Å². The van der Waals surface area contributed by atoms with Crippen LogP contribution in [0.2, 0.25) is 0 Å². The van der Waals surface area contributed by atoms with Crippen molar-refractivity contribution in [1.29, 1.82) is 0 Å². The van der Waals surface area contributed by atoms with Gasteiger partial charge in [0.25, 0.3) is 23.4 Å². The second kappa shape index (κ2) is 8.11. The molecule has 0 aromatic heterocycles. The average Bonchev–Trinajstić information content (AvgIpc) is 2.97. The van der Waals surface area contributed by atoms with E-state index in [0.717, 1.165) is 4.90 Å². The number of nitro benzene ring substituents is 1. The summed E-state index contributed by atoms with van der Waals surface area (Å²) >= 11 is 0. The Labute approximate surface area is 170 Å². The molecule has 0 radical (unpaired) electrons. The van der Waals surface area contributed by atoms with Gasteiger partial charge in [-0.05, 0) is 31.5 Å². The molecular formula is C20H17N3O7. The zero-order chi connectivity index (χ0) is 22.0. The maximum Gasteiger partial charge on any atom is 0.329 e. The summed E-state index contributed by atoms with van der Waals surface area (Å²) in [6, 6.07) is 9.21. The maximum atomic E-state index is 12.4. The summed E-state index contributed by atoms with van der Waals surface area (Å²) in [7, 11) is 0. The molecule has 2 aromatic carbocycles. The Balaban J connectivity index is 1.64. The van der Waals surface area contributed by atoms with Crippen LogP contribution >= 0.6 is 0 Å². The average molecular weight is 411 g/mol. The minimum Gasteiger partial charge on any atom is -0.454 e. The van der Waals surface area contributed by atoms with Crippen LogP contribution in [0.3, 0.4) is 0 Å². The van der Waals surface area contributed by atoms with Crippen molar-refractivity contribution in [3.8, 4) is 0 Å². The van der Waals surface area contributed by atoms with E-state index < -0.39 is 41.3 Å². The number of amides is 3. The first-order valence-corrected chi connectivity index (χ1v) is 8.89. The van der Waals surface area contributed by atoms with Gasteiger partial charge in [0.05, 0.1) is 16.1 Å². The molecule has 0 aliphatic carbocycles. The lowest BCUT2D eigenvalue weighted by Crippen LogP contribution is -2.44. The van der Waals surface area contributed by atoms with Gasteiger partial charge in [-0.25, -0.2) is 4.79 Å². The summed E-state index contributed by atoms with van der Waals surface area (Å²) in [4.78, 5) is 60.5. The van der Waals surface area contributed by atoms with E-state index in [-0.39, 0.29) is 22.5 Å². The third-order valence-corrected chi connectivity index (χ3v) is 4.61. The summed E-state index contributed by atoms with van der Waals surface area (Å²) in [5.41, 5.74) is 0.535. The number of fused-ring (bicyclic) bond motifs is 1. The molecule has 1 heterocycles. The molecule has 30 heavy (non-hydrogen) atoms. The van der Waals surface area contributed by atoms with Crippen LogP contribution in [0.4, 0.5) is 11.4 Å². The van der Waals surface area contributed by atoms with Gasteiger partial charge in [-0.1, -0.05) is 24.3 Å². The smallest absolute Gasteiger partial charge is 0.329 e. The van der Waals surface area contributed by atoms with E-state index in [1.807, 2.05) is 0 Å². The van der Waals surface area contributed by atoms with E-state index in [2.05, 4.69) is 5.32 Å². The van der Waals surface area contributed by atoms with Crippen LogP contribution < -0.4 is 5.32 Å². The SMILES string of the molecule is Cc1cccc([N+](=O)[O-])c1NC(=O)COC(=O)[C@H](C)N1C(=O)c2ccccc2C1=O. The predicted molar refractivity (Wildman–Crippen MR) is 104 cm³/mol. The molecule has 1 N–H and O–H groups in total. The second-order valence-corrected chi connectivity index (χ2v) is 6.58. The van der Waals surface area contributed by atoms with Crippen molar-refractivity contribution in [1.82, 2.24) is 4.90 Å². The van der Waals surface area contributed by atoms with Gasteiger partial charge < -0.3 is 10.1 Å². The van der Waals surface area contributed by atoms with Crippen LogP contribution in [-0.4, -0.2) is 46.2 Å². The van der Waals surface area contributed by atoms with Gasteiger partial charge >= 0.3 is 5.97 Å². The van der Waals surface area contributed by atoms with E-state index in [4.69, 9.17) is 4.74 Å². The Morgan fingerprint density at radius 1 is 1.10 bits per heavy atom. The Kier molecular flexibility index (Phi) is 5.58. The third kappa shape index (κ3) is 3.75. The van der Waals surface area contributed by atoms with E-state index in [1.54, 1.807) is 25.1 Å². The number of nitrogens with one attached hydrogen (secondary N) is 1. The quantitative estimate of drug-likeness (QED) is 0.333. The molecule has 1 aliphatic heterocycles. The summed E-state index contributed by atoms with van der Waals surface area (Å²) < 4.78 is 4.92. The second-order valence-electron chi connectivity index (χ2n) is 6.58. The summed E-state index contributed by atoms with van der Waals surface area (Å²) in [6.07, 6.45) is 0. The Morgan fingerprint density at radius 3 is 2.27 bits per heavy atom. The van der Waals surface area contributed by atoms with Crippen molar-refractivity contribution in [3.05, 3.63) is 69.3 Å². The van der Waals surface area contributed by atoms with Gasteiger partial charge in [-0.3, -0.25) is 29.4 Å². The molecule has 10 nitrogen and oxygen atoms in total. The molecule has 0 bridgehead atoms. The highest BCUT2D eigenvalue weighted by Gasteiger charge is 2.41. The van der Waals surface area contributed by atoms with Crippen molar-refractivity contribution in [2.75, 3.05) is 11.9 Å². The van der Waals surface area contributed by atoms with Crippen molar-refractivity contribution in [3.63, 3.8) is 0 Å². The molecule has 0 spiro atoms. The molecule has 0 saturated carbocycles. The Hall–Kier alpha value is -4.08. The number of benzene rings is 2. The van der Waals surface area contributed by atoms with Crippen LogP contribution in [0.1, 0.15) is 33.2 Å². The van der Waals surface area contributed by atoms with Gasteiger partial charge in [0.1, 0.15) is 11.7 Å².